The van der Waals surface area contributed by atoms with Crippen LogP contribution in [0.2, 0.25) is 0 Å². The third-order valence-corrected chi connectivity index (χ3v) is 13.2. The molecule has 2 N–H and O–H groups in total. The number of aromatic nitrogens is 2. The molecule has 2 fully saturated rings. The number of aromatic amines is 2. The van der Waals surface area contributed by atoms with E-state index in [4.69, 9.17) is 0 Å². The Morgan fingerprint density at radius 1 is 0.720 bits per heavy atom. The third-order valence-electron chi connectivity index (χ3n) is 13.2. The van der Waals surface area contributed by atoms with E-state index in [0.29, 0.717) is 49.9 Å². The zero-order valence-electron chi connectivity index (χ0n) is 30.1. The maximum absolute atomic E-state index is 14.2. The largest absolute Gasteiger partial charge is 0.331 e. The van der Waals surface area contributed by atoms with Gasteiger partial charge in [0.1, 0.15) is 0 Å². The first-order valence-corrected chi connectivity index (χ1v) is 18.8. The number of nitrogens with one attached hydrogen (secondary N) is 2. The van der Waals surface area contributed by atoms with E-state index in [2.05, 4.69) is 55.6 Å². The van der Waals surface area contributed by atoms with Gasteiger partial charge >= 0.3 is 0 Å². The molecule has 0 unspecified atom stereocenters. The monoisotopic (exact) mass is 680 g/mol. The zero-order valence-corrected chi connectivity index (χ0v) is 30.1. The average molecular weight is 681 g/mol. The van der Waals surface area contributed by atoms with Gasteiger partial charge in [0.2, 0.25) is 22.9 Å². The SMILES string of the molecule is CC1=C[C@@H]2Cc3[nH]c(=O)ccc3[C@]3(C1)[C@@H]2CCCN3C(=O)CN(C)CCN(C)CC(=O)N1CCC[C@@H]2[C@@H]3C=C(C)C[C@@]21c1ccc(=O)[nH]c1C3. The molecule has 6 atom stereocenters. The minimum atomic E-state index is -0.414. The Morgan fingerprint density at radius 3 is 1.56 bits per heavy atom. The molecule has 266 valence electrons. The lowest BCUT2D eigenvalue weighted by Gasteiger charge is -2.59. The van der Waals surface area contributed by atoms with Crippen LogP contribution in [0.1, 0.15) is 74.9 Å². The first-order chi connectivity index (χ1) is 24.0. The molecule has 0 radical (unpaired) electrons. The number of amides is 2. The van der Waals surface area contributed by atoms with E-state index >= 15 is 0 Å². The van der Waals surface area contributed by atoms with Crippen LogP contribution in [0.15, 0.2) is 57.2 Å². The van der Waals surface area contributed by atoms with E-state index in [1.165, 1.54) is 11.1 Å². The van der Waals surface area contributed by atoms with Crippen LogP contribution < -0.4 is 11.1 Å². The first-order valence-electron chi connectivity index (χ1n) is 18.8. The van der Waals surface area contributed by atoms with E-state index in [1.54, 1.807) is 12.1 Å². The summed E-state index contributed by atoms with van der Waals surface area (Å²) in [5.41, 5.74) is 5.88. The summed E-state index contributed by atoms with van der Waals surface area (Å²) in [6.07, 6.45) is 12.2. The minimum absolute atomic E-state index is 0.0806. The summed E-state index contributed by atoms with van der Waals surface area (Å²) in [5, 5.41) is 0. The maximum atomic E-state index is 14.2. The van der Waals surface area contributed by atoms with E-state index in [-0.39, 0.29) is 22.9 Å². The predicted molar refractivity (Wildman–Crippen MR) is 192 cm³/mol. The molecule has 10 nitrogen and oxygen atoms in total. The van der Waals surface area contributed by atoms with Crippen molar-refractivity contribution in [2.24, 2.45) is 23.7 Å². The second-order valence-electron chi connectivity index (χ2n) is 16.5. The molecule has 2 aromatic rings. The fourth-order valence-corrected chi connectivity index (χ4v) is 11.5. The molecule has 0 spiro atoms. The Labute approximate surface area is 294 Å². The van der Waals surface area contributed by atoms with Crippen LogP contribution >= 0.6 is 0 Å². The topological polar surface area (TPSA) is 113 Å². The molecule has 6 aliphatic rings. The summed E-state index contributed by atoms with van der Waals surface area (Å²) < 4.78 is 0. The van der Waals surface area contributed by atoms with Gasteiger partial charge in [-0.3, -0.25) is 29.0 Å². The number of hydrogen-bond donors (Lipinski definition) is 2. The van der Waals surface area contributed by atoms with Gasteiger partial charge in [-0.05, 0) is 126 Å². The zero-order chi connectivity index (χ0) is 34.9. The Morgan fingerprint density at radius 2 is 1.14 bits per heavy atom. The van der Waals surface area contributed by atoms with Crippen molar-refractivity contribution < 1.29 is 9.59 Å². The molecule has 8 rings (SSSR count). The van der Waals surface area contributed by atoms with Gasteiger partial charge in [-0.2, -0.15) is 0 Å². The highest BCUT2D eigenvalue weighted by atomic mass is 16.2. The van der Waals surface area contributed by atoms with E-state index in [9.17, 15) is 19.2 Å². The molecule has 50 heavy (non-hydrogen) atoms. The van der Waals surface area contributed by atoms with Crippen molar-refractivity contribution >= 4 is 11.8 Å². The number of likely N-dealkylation sites (tertiary alicyclic amines) is 2. The van der Waals surface area contributed by atoms with Crippen molar-refractivity contribution in [2.45, 2.75) is 76.3 Å². The summed E-state index contributed by atoms with van der Waals surface area (Å²) in [6, 6.07) is 7.22. The quantitative estimate of drug-likeness (QED) is 0.433. The van der Waals surface area contributed by atoms with Gasteiger partial charge in [0.15, 0.2) is 0 Å². The molecular formula is C40H52N6O4. The highest BCUT2D eigenvalue weighted by molar-refractivity contribution is 5.81. The fraction of sp³-hybridized carbons (Fsp3) is 0.600. The normalized spacial score (nSPS) is 30.9. The number of pyridine rings is 2. The van der Waals surface area contributed by atoms with Crippen molar-refractivity contribution in [3.8, 4) is 0 Å². The van der Waals surface area contributed by atoms with Crippen LogP contribution in [-0.2, 0) is 33.5 Å². The number of piperidine rings is 2. The fourth-order valence-electron chi connectivity index (χ4n) is 11.5. The van der Waals surface area contributed by atoms with Crippen molar-refractivity contribution in [3.63, 3.8) is 0 Å². The number of nitrogens with zero attached hydrogens (tertiary/aromatic N) is 4. The van der Waals surface area contributed by atoms with Crippen molar-refractivity contribution in [3.05, 3.63) is 90.8 Å². The van der Waals surface area contributed by atoms with Gasteiger partial charge in [0, 0.05) is 49.7 Å². The Hall–Kier alpha value is -3.76. The molecule has 2 aromatic heterocycles. The van der Waals surface area contributed by atoms with Crippen molar-refractivity contribution in [1.82, 2.24) is 29.6 Å². The van der Waals surface area contributed by atoms with Crippen LogP contribution in [0.25, 0.3) is 0 Å². The Balaban J connectivity index is 0.949. The predicted octanol–water partition coefficient (Wildman–Crippen LogP) is 3.54. The van der Waals surface area contributed by atoms with E-state index in [1.807, 2.05) is 26.2 Å². The smallest absolute Gasteiger partial charge is 0.248 e. The molecule has 2 amide bonds. The van der Waals surface area contributed by atoms with Crippen LogP contribution in [-0.4, -0.2) is 94.7 Å². The summed E-state index contributed by atoms with van der Waals surface area (Å²) in [4.78, 5) is 67.8. The van der Waals surface area contributed by atoms with Crippen LogP contribution in [0, 0.1) is 23.7 Å². The first kappa shape index (κ1) is 33.4. The Bertz CT molecular complexity index is 1760. The number of allylic oxidation sites excluding steroid dienone is 2. The van der Waals surface area contributed by atoms with E-state index in [0.717, 1.165) is 87.0 Å². The number of carbonyl (C=O) groups excluding carboxylic acids is 2. The van der Waals surface area contributed by atoms with Crippen molar-refractivity contribution in [1.29, 1.82) is 0 Å². The second kappa shape index (κ2) is 12.5. The highest BCUT2D eigenvalue weighted by Gasteiger charge is 2.58. The lowest BCUT2D eigenvalue weighted by atomic mass is 9.56. The number of H-pyrrole nitrogens is 2. The van der Waals surface area contributed by atoms with Gasteiger partial charge < -0.3 is 19.8 Å². The van der Waals surface area contributed by atoms with Gasteiger partial charge in [-0.15, -0.1) is 0 Å². The molecule has 0 saturated carbocycles. The summed E-state index contributed by atoms with van der Waals surface area (Å²) in [5.74, 6) is 1.62. The van der Waals surface area contributed by atoms with Gasteiger partial charge in [0.05, 0.1) is 24.2 Å². The lowest BCUT2D eigenvalue weighted by Crippen LogP contribution is -2.63. The number of carbonyl (C=O) groups is 2. The standard InChI is InChI=1S/C40H52N6O4/c1-25-17-27-19-33-31(9-11-35(47)41-33)39(21-25)29(27)7-5-13-45(39)37(49)23-43(3)15-16-44(4)24-38(50)46-14-6-8-30-28-18-26(2)22-40(30,46)32-10-12-36(48)42-34(32)20-28/h9-12,17-18,27-30H,5-8,13-16,19-24H2,1-4H3,(H,41,47)(H,42,48)/t27-,28-,29-,30-,39+,40+/m1/s1. The molecule has 2 aliphatic heterocycles. The number of likely N-dealkylation sites (N-methyl/N-ethyl adjacent to an activating group) is 2. The molecule has 4 heterocycles. The van der Waals surface area contributed by atoms with Gasteiger partial charge in [-0.25, -0.2) is 0 Å². The van der Waals surface area contributed by atoms with Crippen molar-refractivity contribution in [2.75, 3.05) is 53.4 Å². The lowest BCUT2D eigenvalue weighted by molar-refractivity contribution is -0.150. The van der Waals surface area contributed by atoms with Crippen LogP contribution in [0.5, 0.6) is 0 Å². The molecule has 10 heteroatoms. The Kier molecular flexibility index (Phi) is 8.33. The number of fused-ring (bicyclic) bond motifs is 2. The number of hydrogen-bond acceptors (Lipinski definition) is 6. The molecule has 4 aliphatic carbocycles. The highest BCUT2D eigenvalue weighted by Crippen LogP contribution is 2.58. The molecular weight excluding hydrogens is 628 g/mol. The second-order valence-corrected chi connectivity index (χ2v) is 16.5. The molecule has 2 saturated heterocycles. The maximum Gasteiger partial charge on any atom is 0.248 e. The van der Waals surface area contributed by atoms with Gasteiger partial charge in [0.25, 0.3) is 0 Å². The minimum Gasteiger partial charge on any atom is -0.331 e. The molecule has 4 bridgehead atoms. The summed E-state index contributed by atoms with van der Waals surface area (Å²) in [6.45, 7) is 7.75. The summed E-state index contributed by atoms with van der Waals surface area (Å²) in [7, 11) is 4.00. The van der Waals surface area contributed by atoms with Crippen LogP contribution in [0.4, 0.5) is 0 Å². The molecule has 0 aromatic carbocycles. The van der Waals surface area contributed by atoms with Crippen LogP contribution in [0.3, 0.4) is 0 Å². The van der Waals surface area contributed by atoms with E-state index < -0.39 is 11.1 Å². The van der Waals surface area contributed by atoms with Gasteiger partial charge in [-0.1, -0.05) is 23.3 Å². The summed E-state index contributed by atoms with van der Waals surface area (Å²) >= 11 is 0. The number of rotatable bonds is 7. The average Bonchev–Trinajstić information content (AvgIpc) is 3.05. The third kappa shape index (κ3) is 5.27.